The molecule has 5 nitrogen and oxygen atoms in total. The van der Waals surface area contributed by atoms with E-state index in [-0.39, 0.29) is 30.6 Å². The number of hydrogen-bond donors (Lipinski definition) is 0. The standard InChI is InChI=1S/C13H11F3N2O3/c14-13(15,16)12(19)17-5-7-3-8(6-17)11-4-9(18(20)21)1-2-10(7)11/h1-2,4,7-8H,3,5-6H2/t7-,8+/m0/s1. The summed E-state index contributed by atoms with van der Waals surface area (Å²) in [6.07, 6.45) is -4.24. The molecule has 0 spiro atoms. The molecule has 8 heteroatoms. The number of nitro benzene ring substituents is 1. The number of likely N-dealkylation sites (tertiary alicyclic amines) is 1. The van der Waals surface area contributed by atoms with Crippen molar-refractivity contribution < 1.29 is 22.9 Å². The summed E-state index contributed by atoms with van der Waals surface area (Å²) >= 11 is 0. The Bertz CT molecular complexity index is 630. The van der Waals surface area contributed by atoms with Gasteiger partial charge in [-0.1, -0.05) is 6.07 Å². The van der Waals surface area contributed by atoms with E-state index < -0.39 is 17.0 Å². The lowest BCUT2D eigenvalue weighted by molar-refractivity contribution is -0.384. The summed E-state index contributed by atoms with van der Waals surface area (Å²) < 4.78 is 37.6. The molecule has 1 heterocycles. The number of piperidine rings is 1. The van der Waals surface area contributed by atoms with Crippen molar-refractivity contribution >= 4 is 11.6 Å². The van der Waals surface area contributed by atoms with Crippen molar-refractivity contribution in [1.82, 2.24) is 4.90 Å². The van der Waals surface area contributed by atoms with Crippen molar-refractivity contribution in [3.05, 3.63) is 39.4 Å². The lowest BCUT2D eigenvalue weighted by Gasteiger charge is -2.32. The van der Waals surface area contributed by atoms with Gasteiger partial charge in [-0.15, -0.1) is 0 Å². The van der Waals surface area contributed by atoms with E-state index in [9.17, 15) is 28.1 Å². The summed E-state index contributed by atoms with van der Waals surface area (Å²) in [5.74, 6) is -2.27. The number of amides is 1. The molecule has 1 saturated heterocycles. The van der Waals surface area contributed by atoms with Crippen LogP contribution in [0.25, 0.3) is 0 Å². The average molecular weight is 300 g/mol. The van der Waals surface area contributed by atoms with Crippen molar-refractivity contribution in [2.75, 3.05) is 13.1 Å². The molecule has 0 radical (unpaired) electrons. The molecule has 3 rings (SSSR count). The highest BCUT2D eigenvalue weighted by atomic mass is 19.4. The zero-order valence-corrected chi connectivity index (χ0v) is 10.8. The molecule has 0 N–H and O–H groups in total. The Morgan fingerprint density at radius 1 is 1.24 bits per heavy atom. The largest absolute Gasteiger partial charge is 0.471 e. The smallest absolute Gasteiger partial charge is 0.334 e. The molecule has 0 saturated carbocycles. The number of fused-ring (bicyclic) bond motifs is 5. The van der Waals surface area contributed by atoms with Crippen molar-refractivity contribution in [1.29, 1.82) is 0 Å². The molecular weight excluding hydrogens is 289 g/mol. The van der Waals surface area contributed by atoms with Gasteiger partial charge in [-0.25, -0.2) is 0 Å². The number of nitro groups is 1. The monoisotopic (exact) mass is 300 g/mol. The first-order chi connectivity index (χ1) is 9.77. The van der Waals surface area contributed by atoms with Gasteiger partial charge in [0.2, 0.25) is 0 Å². The fourth-order valence-corrected chi connectivity index (χ4v) is 3.30. The van der Waals surface area contributed by atoms with Gasteiger partial charge in [0.1, 0.15) is 0 Å². The number of carbonyl (C=O) groups is 1. The number of alkyl halides is 3. The molecule has 1 aliphatic carbocycles. The van der Waals surface area contributed by atoms with E-state index in [0.717, 1.165) is 10.5 Å². The molecule has 21 heavy (non-hydrogen) atoms. The van der Waals surface area contributed by atoms with Crippen LogP contribution in [0.4, 0.5) is 18.9 Å². The Labute approximate surface area is 117 Å². The van der Waals surface area contributed by atoms with Crippen LogP contribution in [0.3, 0.4) is 0 Å². The second-order valence-electron chi connectivity index (χ2n) is 5.41. The van der Waals surface area contributed by atoms with E-state index in [2.05, 4.69) is 0 Å². The second kappa shape index (κ2) is 4.44. The van der Waals surface area contributed by atoms with Gasteiger partial charge in [0.05, 0.1) is 4.92 Å². The summed E-state index contributed by atoms with van der Waals surface area (Å²) in [7, 11) is 0. The topological polar surface area (TPSA) is 63.5 Å². The average Bonchev–Trinajstić information content (AvgIpc) is 2.68. The Kier molecular flexibility index (Phi) is 2.93. The minimum Gasteiger partial charge on any atom is -0.334 e. The highest BCUT2D eigenvalue weighted by Crippen LogP contribution is 2.47. The van der Waals surface area contributed by atoms with E-state index >= 15 is 0 Å². The molecular formula is C13H11F3N2O3. The van der Waals surface area contributed by atoms with E-state index in [1.54, 1.807) is 6.07 Å². The van der Waals surface area contributed by atoms with Crippen molar-refractivity contribution in [3.63, 3.8) is 0 Å². The number of hydrogen-bond acceptors (Lipinski definition) is 3. The van der Waals surface area contributed by atoms with Crippen LogP contribution in [0, 0.1) is 10.1 Å². The molecule has 0 aromatic heterocycles. The van der Waals surface area contributed by atoms with Crippen LogP contribution in [0.5, 0.6) is 0 Å². The molecule has 112 valence electrons. The second-order valence-corrected chi connectivity index (χ2v) is 5.41. The quantitative estimate of drug-likeness (QED) is 0.591. The number of rotatable bonds is 1. The van der Waals surface area contributed by atoms with Gasteiger partial charge >= 0.3 is 12.1 Å². The molecule has 0 unspecified atom stereocenters. The van der Waals surface area contributed by atoms with Crippen molar-refractivity contribution in [2.24, 2.45) is 0 Å². The van der Waals surface area contributed by atoms with E-state index in [1.807, 2.05) is 0 Å². The third-order valence-corrected chi connectivity index (χ3v) is 4.14. The first-order valence-electron chi connectivity index (χ1n) is 6.41. The molecule has 2 bridgehead atoms. The number of non-ortho nitro benzene ring substituents is 1. The molecule has 1 aromatic rings. The molecule has 1 amide bonds. The summed E-state index contributed by atoms with van der Waals surface area (Å²) in [5.41, 5.74) is 1.45. The van der Waals surface area contributed by atoms with Gasteiger partial charge in [-0.2, -0.15) is 13.2 Å². The Morgan fingerprint density at radius 2 is 1.86 bits per heavy atom. The summed E-state index contributed by atoms with van der Waals surface area (Å²) in [6.45, 7) is -0.0251. The fourth-order valence-electron chi connectivity index (χ4n) is 3.30. The highest BCUT2D eigenvalue weighted by molar-refractivity contribution is 5.82. The number of halogens is 3. The van der Waals surface area contributed by atoms with Gasteiger partial charge in [0, 0.05) is 37.1 Å². The maximum absolute atomic E-state index is 12.5. The molecule has 2 atom stereocenters. The van der Waals surface area contributed by atoms with Gasteiger partial charge < -0.3 is 4.90 Å². The zero-order chi connectivity index (χ0) is 15.4. The zero-order valence-electron chi connectivity index (χ0n) is 10.8. The summed E-state index contributed by atoms with van der Waals surface area (Å²) in [6, 6.07) is 4.37. The van der Waals surface area contributed by atoms with Crippen LogP contribution >= 0.6 is 0 Å². The maximum atomic E-state index is 12.5. The fraction of sp³-hybridized carbons (Fsp3) is 0.462. The van der Waals surface area contributed by atoms with E-state index in [0.29, 0.717) is 12.0 Å². The Balaban J connectivity index is 1.90. The van der Waals surface area contributed by atoms with Crippen LogP contribution in [0.1, 0.15) is 29.4 Å². The van der Waals surface area contributed by atoms with Crippen LogP contribution in [-0.2, 0) is 4.79 Å². The third-order valence-electron chi connectivity index (χ3n) is 4.14. The van der Waals surface area contributed by atoms with Crippen LogP contribution in [-0.4, -0.2) is 35.0 Å². The lowest BCUT2D eigenvalue weighted by Crippen LogP contribution is -2.46. The SMILES string of the molecule is O=C(N1C[C@H]2C[C@@H](C1)c1ccc([N+](=O)[O-])cc12)C(F)(F)F. The highest BCUT2D eigenvalue weighted by Gasteiger charge is 2.47. The number of carbonyl (C=O) groups excluding carboxylic acids is 1. The van der Waals surface area contributed by atoms with Gasteiger partial charge in [0.15, 0.2) is 0 Å². The molecule has 1 aliphatic heterocycles. The molecule has 1 fully saturated rings. The van der Waals surface area contributed by atoms with E-state index in [1.165, 1.54) is 12.1 Å². The van der Waals surface area contributed by atoms with Gasteiger partial charge in [0.25, 0.3) is 5.69 Å². The molecule has 1 aromatic carbocycles. The maximum Gasteiger partial charge on any atom is 0.471 e. The van der Waals surface area contributed by atoms with Crippen molar-refractivity contribution in [2.45, 2.75) is 24.4 Å². The Hall–Kier alpha value is -2.12. The number of nitrogens with zero attached hydrogens (tertiary/aromatic N) is 2. The lowest BCUT2D eigenvalue weighted by atomic mass is 9.95. The minimum absolute atomic E-state index is 0.0135. The van der Waals surface area contributed by atoms with Crippen LogP contribution in [0.15, 0.2) is 18.2 Å². The minimum atomic E-state index is -4.88. The summed E-state index contributed by atoms with van der Waals surface area (Å²) in [5, 5.41) is 10.8. The predicted molar refractivity (Wildman–Crippen MR) is 65.8 cm³/mol. The first kappa shape index (κ1) is 13.8. The third kappa shape index (κ3) is 2.24. The summed E-state index contributed by atoms with van der Waals surface area (Å²) in [4.78, 5) is 22.4. The van der Waals surface area contributed by atoms with Gasteiger partial charge in [-0.3, -0.25) is 14.9 Å². The van der Waals surface area contributed by atoms with E-state index in [4.69, 9.17) is 0 Å². The normalized spacial score (nSPS) is 23.9. The van der Waals surface area contributed by atoms with Crippen molar-refractivity contribution in [3.8, 4) is 0 Å². The van der Waals surface area contributed by atoms with Crippen LogP contribution < -0.4 is 0 Å². The van der Waals surface area contributed by atoms with Crippen LogP contribution in [0.2, 0.25) is 0 Å². The Morgan fingerprint density at radius 3 is 2.43 bits per heavy atom. The first-order valence-corrected chi connectivity index (χ1v) is 6.41. The molecule has 2 aliphatic rings. The number of benzene rings is 1. The van der Waals surface area contributed by atoms with Gasteiger partial charge in [-0.05, 0) is 17.5 Å². The predicted octanol–water partition coefficient (Wildman–Crippen LogP) is 2.57.